The standard InChI is InChI=1S/C36H70O2S/c1-31(2)19-15-23-33(35-25-17-27-37-35)21-11-7-5-9-13-29-39-30-14-10-6-8-12-22-34(24-16-20-32(3)4)36-26-18-28-38-36/h31-36H,5-30H2,1-4H3. The van der Waals surface area contributed by atoms with Gasteiger partial charge < -0.3 is 9.47 Å². The van der Waals surface area contributed by atoms with Crippen molar-refractivity contribution in [3.05, 3.63) is 0 Å². The van der Waals surface area contributed by atoms with Gasteiger partial charge in [0.1, 0.15) is 0 Å². The van der Waals surface area contributed by atoms with E-state index in [9.17, 15) is 0 Å². The molecule has 0 aromatic carbocycles. The van der Waals surface area contributed by atoms with E-state index in [2.05, 4.69) is 39.5 Å². The molecule has 4 unspecified atom stereocenters. The predicted molar refractivity (Wildman–Crippen MR) is 175 cm³/mol. The second-order valence-corrected chi connectivity index (χ2v) is 15.2. The van der Waals surface area contributed by atoms with Crippen LogP contribution in [0.4, 0.5) is 0 Å². The normalized spacial score (nSPS) is 21.4. The SMILES string of the molecule is CC(C)CCCC(CCCCCCCSCCCCCCCC(CCCC(C)C)C1CCCO1)C1CCCO1. The van der Waals surface area contributed by atoms with Crippen molar-refractivity contribution in [3.8, 4) is 0 Å². The third-order valence-electron chi connectivity index (χ3n) is 9.42. The molecule has 0 saturated carbocycles. The van der Waals surface area contributed by atoms with Gasteiger partial charge in [0.05, 0.1) is 12.2 Å². The van der Waals surface area contributed by atoms with Crippen molar-refractivity contribution in [1.82, 2.24) is 0 Å². The van der Waals surface area contributed by atoms with Gasteiger partial charge in [-0.15, -0.1) is 0 Å². The van der Waals surface area contributed by atoms with E-state index in [-0.39, 0.29) is 0 Å². The van der Waals surface area contributed by atoms with Gasteiger partial charge in [-0.2, -0.15) is 11.8 Å². The minimum Gasteiger partial charge on any atom is -0.378 e. The summed E-state index contributed by atoms with van der Waals surface area (Å²) in [4.78, 5) is 0. The minimum atomic E-state index is 0.580. The fourth-order valence-corrected chi connectivity index (χ4v) is 7.96. The van der Waals surface area contributed by atoms with Crippen LogP contribution in [0, 0.1) is 23.7 Å². The van der Waals surface area contributed by atoms with Gasteiger partial charge in [-0.3, -0.25) is 0 Å². The zero-order chi connectivity index (χ0) is 28.0. The van der Waals surface area contributed by atoms with E-state index >= 15 is 0 Å². The molecule has 0 aromatic heterocycles. The maximum atomic E-state index is 6.08. The van der Waals surface area contributed by atoms with Crippen LogP contribution < -0.4 is 0 Å². The smallest absolute Gasteiger partial charge is 0.0604 e. The number of unbranched alkanes of at least 4 members (excludes halogenated alkanes) is 8. The molecule has 3 heteroatoms. The molecule has 2 nitrogen and oxygen atoms in total. The lowest BCUT2D eigenvalue weighted by Crippen LogP contribution is -2.20. The molecule has 39 heavy (non-hydrogen) atoms. The van der Waals surface area contributed by atoms with Gasteiger partial charge in [0.15, 0.2) is 0 Å². The van der Waals surface area contributed by atoms with Crippen LogP contribution in [0.3, 0.4) is 0 Å². The van der Waals surface area contributed by atoms with E-state index in [0.29, 0.717) is 12.2 Å². The highest BCUT2D eigenvalue weighted by Crippen LogP contribution is 2.31. The number of thioether (sulfide) groups is 1. The summed E-state index contributed by atoms with van der Waals surface area (Å²) in [5, 5.41) is 0. The van der Waals surface area contributed by atoms with E-state index in [4.69, 9.17) is 9.47 Å². The Morgan fingerprint density at radius 3 is 1.26 bits per heavy atom. The van der Waals surface area contributed by atoms with Gasteiger partial charge >= 0.3 is 0 Å². The lowest BCUT2D eigenvalue weighted by Gasteiger charge is -2.23. The summed E-state index contributed by atoms with van der Waals surface area (Å²) in [6, 6.07) is 0. The molecule has 2 fully saturated rings. The van der Waals surface area contributed by atoms with E-state index in [1.807, 2.05) is 0 Å². The number of hydrogen-bond donors (Lipinski definition) is 0. The predicted octanol–water partition coefficient (Wildman–Crippen LogP) is 11.6. The number of rotatable bonds is 26. The molecular weight excluding hydrogens is 496 g/mol. The molecule has 4 atom stereocenters. The van der Waals surface area contributed by atoms with Crippen LogP contribution in [0.1, 0.15) is 169 Å². The minimum absolute atomic E-state index is 0.580. The average molecular weight is 567 g/mol. The molecule has 0 radical (unpaired) electrons. The molecule has 2 rings (SSSR count). The van der Waals surface area contributed by atoms with Gasteiger partial charge in [0, 0.05) is 13.2 Å². The summed E-state index contributed by atoms with van der Waals surface area (Å²) in [7, 11) is 0. The molecule has 0 spiro atoms. The van der Waals surface area contributed by atoms with Crippen molar-refractivity contribution in [2.24, 2.45) is 23.7 Å². The first-order valence-corrected chi connectivity index (χ1v) is 19.0. The first-order chi connectivity index (χ1) is 19.1. The maximum Gasteiger partial charge on any atom is 0.0604 e. The molecule has 2 aliphatic heterocycles. The van der Waals surface area contributed by atoms with Gasteiger partial charge in [0.2, 0.25) is 0 Å². The first-order valence-electron chi connectivity index (χ1n) is 17.9. The van der Waals surface area contributed by atoms with Crippen LogP contribution in [0.5, 0.6) is 0 Å². The van der Waals surface area contributed by atoms with Gasteiger partial charge in [0.25, 0.3) is 0 Å². The average Bonchev–Trinajstić information content (AvgIpc) is 3.63. The number of ether oxygens (including phenoxy) is 2. The molecule has 232 valence electrons. The maximum absolute atomic E-state index is 6.08. The fourth-order valence-electron chi connectivity index (χ4n) is 6.94. The topological polar surface area (TPSA) is 18.5 Å². The summed E-state index contributed by atoms with van der Waals surface area (Å²) in [5.74, 6) is 6.12. The highest BCUT2D eigenvalue weighted by atomic mass is 32.2. The summed E-state index contributed by atoms with van der Waals surface area (Å²) >= 11 is 2.21. The lowest BCUT2D eigenvalue weighted by atomic mass is 9.88. The number of hydrogen-bond acceptors (Lipinski definition) is 3. The van der Waals surface area contributed by atoms with E-state index in [1.54, 1.807) is 0 Å². The van der Waals surface area contributed by atoms with Crippen molar-refractivity contribution in [2.75, 3.05) is 24.7 Å². The molecule has 0 bridgehead atoms. The van der Waals surface area contributed by atoms with Crippen LogP contribution >= 0.6 is 11.8 Å². The van der Waals surface area contributed by atoms with Crippen LogP contribution in [-0.4, -0.2) is 36.9 Å². The zero-order valence-electron chi connectivity index (χ0n) is 27.1. The summed E-state index contributed by atoms with van der Waals surface area (Å²) in [6.45, 7) is 11.5. The zero-order valence-corrected chi connectivity index (χ0v) is 27.9. The Labute approximate surface area is 250 Å². The molecule has 2 heterocycles. The highest BCUT2D eigenvalue weighted by Gasteiger charge is 2.26. The fraction of sp³-hybridized carbons (Fsp3) is 1.00. The third kappa shape index (κ3) is 18.4. The highest BCUT2D eigenvalue weighted by molar-refractivity contribution is 7.99. The Morgan fingerprint density at radius 1 is 0.487 bits per heavy atom. The van der Waals surface area contributed by atoms with Crippen molar-refractivity contribution in [1.29, 1.82) is 0 Å². The molecule has 2 saturated heterocycles. The lowest BCUT2D eigenvalue weighted by molar-refractivity contribution is 0.0534. The molecular formula is C36H70O2S. The summed E-state index contributed by atoms with van der Waals surface area (Å²) in [5.41, 5.74) is 0. The molecule has 0 amide bonds. The van der Waals surface area contributed by atoms with Crippen LogP contribution in [0.15, 0.2) is 0 Å². The first kappa shape index (κ1) is 35.5. The van der Waals surface area contributed by atoms with Crippen molar-refractivity contribution in [2.45, 2.75) is 181 Å². The van der Waals surface area contributed by atoms with Gasteiger partial charge in [-0.05, 0) is 99.4 Å². The summed E-state index contributed by atoms with van der Waals surface area (Å²) in [6.07, 6.45) is 31.9. The molecule has 0 N–H and O–H groups in total. The van der Waals surface area contributed by atoms with Gasteiger partial charge in [-0.25, -0.2) is 0 Å². The van der Waals surface area contributed by atoms with Crippen LogP contribution in [0.2, 0.25) is 0 Å². The quantitative estimate of drug-likeness (QED) is 0.0970. The molecule has 0 aromatic rings. The second-order valence-electron chi connectivity index (χ2n) is 14.0. The Hall–Kier alpha value is 0.270. The Bertz CT molecular complexity index is 478. The Balaban J connectivity index is 1.37. The molecule has 0 aliphatic carbocycles. The van der Waals surface area contributed by atoms with E-state index < -0.39 is 0 Å². The van der Waals surface area contributed by atoms with Crippen molar-refractivity contribution < 1.29 is 9.47 Å². The Morgan fingerprint density at radius 2 is 0.872 bits per heavy atom. The third-order valence-corrected chi connectivity index (χ3v) is 10.6. The monoisotopic (exact) mass is 567 g/mol. The summed E-state index contributed by atoms with van der Waals surface area (Å²) < 4.78 is 12.2. The van der Waals surface area contributed by atoms with Gasteiger partial charge in [-0.1, -0.05) is 105 Å². The van der Waals surface area contributed by atoms with E-state index in [0.717, 1.165) is 36.9 Å². The Kier molecular flexibility index (Phi) is 21.6. The largest absolute Gasteiger partial charge is 0.378 e. The van der Waals surface area contributed by atoms with Crippen molar-refractivity contribution >= 4 is 11.8 Å². The second kappa shape index (κ2) is 23.8. The molecule has 2 aliphatic rings. The van der Waals surface area contributed by atoms with Crippen molar-refractivity contribution in [3.63, 3.8) is 0 Å². The van der Waals surface area contributed by atoms with E-state index in [1.165, 1.54) is 153 Å². The van der Waals surface area contributed by atoms with Crippen LogP contribution in [-0.2, 0) is 9.47 Å². The van der Waals surface area contributed by atoms with Crippen LogP contribution in [0.25, 0.3) is 0 Å².